The Morgan fingerprint density at radius 2 is 1.90 bits per heavy atom. The highest BCUT2D eigenvalue weighted by Crippen LogP contribution is 2.23. The zero-order valence-electron chi connectivity index (χ0n) is 17.9. The van der Waals surface area contributed by atoms with Gasteiger partial charge < -0.3 is 19.7 Å². The number of piperidine rings is 1. The van der Waals surface area contributed by atoms with Crippen LogP contribution >= 0.6 is 11.3 Å². The van der Waals surface area contributed by atoms with Crippen LogP contribution in [0.1, 0.15) is 51.7 Å². The van der Waals surface area contributed by atoms with E-state index in [1.807, 2.05) is 37.8 Å². The SMILES string of the molecule is COCC(=O)N1CCC(Oc2ccc(C(=O)N[C@@H](C)c3nc(C)sc3C)cc2)CC1. The molecule has 0 unspecified atom stereocenters. The van der Waals surface area contributed by atoms with Gasteiger partial charge in [0, 0.05) is 43.5 Å². The molecule has 162 valence electrons. The molecular weight excluding hydrogens is 402 g/mol. The van der Waals surface area contributed by atoms with E-state index in [9.17, 15) is 9.59 Å². The fourth-order valence-electron chi connectivity index (χ4n) is 3.61. The lowest BCUT2D eigenvalue weighted by Gasteiger charge is -2.32. The van der Waals surface area contributed by atoms with Crippen molar-refractivity contribution in [1.29, 1.82) is 0 Å². The Hall–Kier alpha value is -2.45. The van der Waals surface area contributed by atoms with Crippen LogP contribution in [0.3, 0.4) is 0 Å². The number of ether oxygens (including phenoxy) is 2. The molecule has 1 N–H and O–H groups in total. The molecule has 2 heterocycles. The maximum atomic E-state index is 12.6. The van der Waals surface area contributed by atoms with Crippen LogP contribution < -0.4 is 10.1 Å². The largest absolute Gasteiger partial charge is 0.490 e. The standard InChI is InChI=1S/C22H29N3O4S/c1-14(21-15(2)30-16(3)24-21)23-22(27)17-5-7-18(8-6-17)29-19-9-11-25(12-10-19)20(26)13-28-4/h5-8,14,19H,9-13H2,1-4H3,(H,23,27)/t14-/m0/s1. The predicted molar refractivity (Wildman–Crippen MR) is 116 cm³/mol. The third kappa shape index (κ3) is 5.58. The molecule has 7 nitrogen and oxygen atoms in total. The molecule has 0 aliphatic carbocycles. The van der Waals surface area contributed by atoms with Crippen molar-refractivity contribution < 1.29 is 19.1 Å². The van der Waals surface area contributed by atoms with Crippen LogP contribution in [-0.2, 0) is 9.53 Å². The lowest BCUT2D eigenvalue weighted by molar-refractivity contribution is -0.136. The topological polar surface area (TPSA) is 80.8 Å². The molecule has 0 radical (unpaired) electrons. The number of methoxy groups -OCH3 is 1. The second-order valence-electron chi connectivity index (χ2n) is 7.52. The average Bonchev–Trinajstić information content (AvgIpc) is 3.07. The Kier molecular flexibility index (Phi) is 7.44. The van der Waals surface area contributed by atoms with Crippen LogP contribution in [0.5, 0.6) is 5.75 Å². The van der Waals surface area contributed by atoms with E-state index < -0.39 is 0 Å². The van der Waals surface area contributed by atoms with E-state index >= 15 is 0 Å². The molecule has 1 aromatic carbocycles. The lowest BCUT2D eigenvalue weighted by atomic mass is 10.1. The van der Waals surface area contributed by atoms with Gasteiger partial charge in [0.1, 0.15) is 18.5 Å². The third-order valence-corrected chi connectivity index (χ3v) is 6.08. The van der Waals surface area contributed by atoms with Crippen molar-refractivity contribution in [2.45, 2.75) is 45.8 Å². The van der Waals surface area contributed by atoms with E-state index in [0.29, 0.717) is 18.7 Å². The van der Waals surface area contributed by atoms with Crippen LogP contribution in [-0.4, -0.2) is 54.6 Å². The number of carbonyl (C=O) groups is 2. The maximum absolute atomic E-state index is 12.6. The van der Waals surface area contributed by atoms with Crippen molar-refractivity contribution in [2.24, 2.45) is 0 Å². The van der Waals surface area contributed by atoms with Crippen LogP contribution in [0.2, 0.25) is 0 Å². The van der Waals surface area contributed by atoms with E-state index in [1.54, 1.807) is 23.5 Å². The molecule has 30 heavy (non-hydrogen) atoms. The van der Waals surface area contributed by atoms with Gasteiger partial charge in [0.05, 0.1) is 16.7 Å². The summed E-state index contributed by atoms with van der Waals surface area (Å²) in [4.78, 5) is 31.9. The van der Waals surface area contributed by atoms with E-state index in [4.69, 9.17) is 9.47 Å². The molecule has 1 atom stereocenters. The molecule has 1 saturated heterocycles. The van der Waals surface area contributed by atoms with E-state index in [-0.39, 0.29) is 30.6 Å². The molecule has 0 bridgehead atoms. The van der Waals surface area contributed by atoms with Gasteiger partial charge in [0.25, 0.3) is 5.91 Å². The van der Waals surface area contributed by atoms with E-state index in [0.717, 1.165) is 34.2 Å². The van der Waals surface area contributed by atoms with Crippen LogP contribution in [0, 0.1) is 13.8 Å². The number of amides is 2. The summed E-state index contributed by atoms with van der Waals surface area (Å²) < 4.78 is 10.9. The number of nitrogens with one attached hydrogen (secondary N) is 1. The number of carbonyl (C=O) groups excluding carboxylic acids is 2. The number of hydrogen-bond acceptors (Lipinski definition) is 6. The summed E-state index contributed by atoms with van der Waals surface area (Å²) in [7, 11) is 1.53. The molecule has 1 aromatic heterocycles. The summed E-state index contributed by atoms with van der Waals surface area (Å²) in [5.74, 6) is 0.611. The molecule has 3 rings (SSSR count). The number of hydrogen-bond donors (Lipinski definition) is 1. The van der Waals surface area contributed by atoms with Gasteiger partial charge in [0.15, 0.2) is 0 Å². The highest BCUT2D eigenvalue weighted by atomic mass is 32.1. The van der Waals surface area contributed by atoms with Crippen LogP contribution in [0.15, 0.2) is 24.3 Å². The van der Waals surface area contributed by atoms with Crippen molar-refractivity contribution in [2.75, 3.05) is 26.8 Å². The molecule has 2 aromatic rings. The number of thiazole rings is 1. The molecule has 1 aliphatic heterocycles. The van der Waals surface area contributed by atoms with Gasteiger partial charge in [-0.25, -0.2) is 4.98 Å². The third-order valence-electron chi connectivity index (χ3n) is 5.18. The second-order valence-corrected chi connectivity index (χ2v) is 8.93. The highest BCUT2D eigenvalue weighted by molar-refractivity contribution is 7.11. The van der Waals surface area contributed by atoms with Gasteiger partial charge in [-0.15, -0.1) is 11.3 Å². The van der Waals surface area contributed by atoms with E-state index in [1.165, 1.54) is 7.11 Å². The first-order valence-corrected chi connectivity index (χ1v) is 11.0. The van der Waals surface area contributed by atoms with Gasteiger partial charge in [-0.05, 0) is 45.0 Å². The van der Waals surface area contributed by atoms with Crippen molar-refractivity contribution >= 4 is 23.2 Å². The Morgan fingerprint density at radius 1 is 1.23 bits per heavy atom. The molecular formula is C22H29N3O4S. The van der Waals surface area contributed by atoms with Crippen molar-refractivity contribution in [3.05, 3.63) is 45.4 Å². The first-order chi connectivity index (χ1) is 14.4. The molecule has 8 heteroatoms. The summed E-state index contributed by atoms with van der Waals surface area (Å²) >= 11 is 1.64. The first kappa shape index (κ1) is 22.2. The quantitative estimate of drug-likeness (QED) is 0.728. The van der Waals surface area contributed by atoms with Gasteiger partial charge in [-0.3, -0.25) is 9.59 Å². The fourth-order valence-corrected chi connectivity index (χ4v) is 4.52. The Labute approximate surface area is 181 Å². The van der Waals surface area contributed by atoms with Crippen LogP contribution in [0.4, 0.5) is 0 Å². The Balaban J connectivity index is 1.51. The summed E-state index contributed by atoms with van der Waals surface area (Å²) in [6.07, 6.45) is 1.62. The maximum Gasteiger partial charge on any atom is 0.251 e. The van der Waals surface area contributed by atoms with Gasteiger partial charge in [0.2, 0.25) is 5.91 Å². The van der Waals surface area contributed by atoms with Crippen molar-refractivity contribution in [3.63, 3.8) is 0 Å². The van der Waals surface area contributed by atoms with E-state index in [2.05, 4.69) is 10.3 Å². The second kappa shape index (κ2) is 10.0. The number of nitrogens with zero attached hydrogens (tertiary/aromatic N) is 2. The first-order valence-electron chi connectivity index (χ1n) is 10.2. The molecule has 2 amide bonds. The highest BCUT2D eigenvalue weighted by Gasteiger charge is 2.24. The van der Waals surface area contributed by atoms with Crippen LogP contribution in [0.25, 0.3) is 0 Å². The number of rotatable bonds is 7. The Morgan fingerprint density at radius 3 is 2.47 bits per heavy atom. The van der Waals surface area contributed by atoms with Gasteiger partial charge in [-0.1, -0.05) is 0 Å². The minimum absolute atomic E-state index is 0.0172. The van der Waals surface area contributed by atoms with Gasteiger partial charge in [-0.2, -0.15) is 0 Å². The zero-order valence-corrected chi connectivity index (χ0v) is 18.8. The number of aromatic nitrogens is 1. The monoisotopic (exact) mass is 431 g/mol. The van der Waals surface area contributed by atoms with Crippen molar-refractivity contribution in [1.82, 2.24) is 15.2 Å². The predicted octanol–water partition coefficient (Wildman–Crippen LogP) is 3.27. The zero-order chi connectivity index (χ0) is 21.7. The molecule has 0 spiro atoms. The number of likely N-dealkylation sites (tertiary alicyclic amines) is 1. The normalized spacial score (nSPS) is 15.7. The molecule has 1 aliphatic rings. The lowest BCUT2D eigenvalue weighted by Crippen LogP contribution is -2.43. The smallest absolute Gasteiger partial charge is 0.251 e. The summed E-state index contributed by atoms with van der Waals surface area (Å²) in [5, 5.41) is 4.01. The number of aryl methyl sites for hydroxylation is 2. The summed E-state index contributed by atoms with van der Waals surface area (Å²) in [6, 6.07) is 7.03. The Bertz CT molecular complexity index is 873. The molecule has 0 saturated carbocycles. The van der Waals surface area contributed by atoms with Crippen molar-refractivity contribution in [3.8, 4) is 5.75 Å². The van der Waals surface area contributed by atoms with Gasteiger partial charge >= 0.3 is 0 Å². The summed E-state index contributed by atoms with van der Waals surface area (Å²) in [6.45, 7) is 7.39. The minimum Gasteiger partial charge on any atom is -0.490 e. The fraction of sp³-hybridized carbons (Fsp3) is 0.500. The molecule has 1 fully saturated rings. The number of benzene rings is 1. The minimum atomic E-state index is -0.149. The summed E-state index contributed by atoms with van der Waals surface area (Å²) in [5.41, 5.74) is 1.50. The average molecular weight is 432 g/mol.